The molecular formula is C14H18BrFINO. The van der Waals surface area contributed by atoms with E-state index in [9.17, 15) is 9.18 Å². The number of carbonyl (C=O) groups excluding carboxylic acids is 1. The molecule has 1 aromatic carbocycles. The molecular weight excluding hydrogens is 424 g/mol. The Hall–Kier alpha value is -0.170. The topological polar surface area (TPSA) is 29.1 Å². The van der Waals surface area contributed by atoms with E-state index >= 15 is 0 Å². The van der Waals surface area contributed by atoms with Crippen LogP contribution in [0.3, 0.4) is 0 Å². The second-order valence-electron chi connectivity index (χ2n) is 4.43. The van der Waals surface area contributed by atoms with E-state index in [4.69, 9.17) is 0 Å². The van der Waals surface area contributed by atoms with Crippen LogP contribution in [0.4, 0.5) is 4.39 Å². The summed E-state index contributed by atoms with van der Waals surface area (Å²) in [6.45, 7) is 4.87. The molecule has 0 spiro atoms. The number of carbonyl (C=O) groups is 1. The summed E-state index contributed by atoms with van der Waals surface area (Å²) in [5, 5.41) is 2.90. The molecule has 0 fully saturated rings. The second kappa shape index (κ2) is 8.19. The van der Waals surface area contributed by atoms with Gasteiger partial charge in [0.1, 0.15) is 5.82 Å². The van der Waals surface area contributed by atoms with E-state index in [0.717, 1.165) is 12.8 Å². The molecule has 0 aliphatic carbocycles. The van der Waals surface area contributed by atoms with Crippen molar-refractivity contribution in [3.63, 3.8) is 0 Å². The van der Waals surface area contributed by atoms with E-state index in [1.54, 1.807) is 0 Å². The molecule has 0 aromatic heterocycles. The van der Waals surface area contributed by atoms with E-state index in [0.29, 0.717) is 21.6 Å². The lowest BCUT2D eigenvalue weighted by atomic mass is 9.99. The van der Waals surface area contributed by atoms with E-state index in [-0.39, 0.29) is 16.6 Å². The van der Waals surface area contributed by atoms with Gasteiger partial charge in [0.15, 0.2) is 0 Å². The Morgan fingerprint density at radius 3 is 2.58 bits per heavy atom. The van der Waals surface area contributed by atoms with Gasteiger partial charge in [-0.1, -0.05) is 42.6 Å². The minimum Gasteiger partial charge on any atom is -0.351 e. The van der Waals surface area contributed by atoms with E-state index in [1.807, 2.05) is 22.6 Å². The van der Waals surface area contributed by atoms with Gasteiger partial charge in [0.2, 0.25) is 0 Å². The maximum absolute atomic E-state index is 13.0. The highest BCUT2D eigenvalue weighted by molar-refractivity contribution is 14.1. The van der Waals surface area contributed by atoms with Crippen LogP contribution in [0.5, 0.6) is 0 Å². The predicted molar refractivity (Wildman–Crippen MR) is 88.2 cm³/mol. The molecule has 1 amide bonds. The molecule has 1 aromatic rings. The van der Waals surface area contributed by atoms with Crippen LogP contribution < -0.4 is 5.32 Å². The predicted octanol–water partition coefficient (Wildman–Crippen LogP) is 4.36. The molecule has 0 heterocycles. The van der Waals surface area contributed by atoms with Crippen molar-refractivity contribution in [2.45, 2.75) is 31.5 Å². The average molecular weight is 442 g/mol. The van der Waals surface area contributed by atoms with Crippen molar-refractivity contribution < 1.29 is 9.18 Å². The van der Waals surface area contributed by atoms with Crippen LogP contribution in [0.2, 0.25) is 0 Å². The van der Waals surface area contributed by atoms with E-state index < -0.39 is 0 Å². The molecule has 0 saturated heterocycles. The lowest BCUT2D eigenvalue weighted by Gasteiger charge is -2.20. The molecule has 1 N–H and O–H groups in total. The normalized spacial score (nSPS) is 12.5. The molecule has 0 aliphatic rings. The first-order chi connectivity index (χ1) is 8.99. The Morgan fingerprint density at radius 1 is 1.42 bits per heavy atom. The first-order valence-electron chi connectivity index (χ1n) is 6.36. The Bertz CT molecular complexity index is 437. The monoisotopic (exact) mass is 441 g/mol. The number of rotatable bonds is 6. The van der Waals surface area contributed by atoms with Crippen molar-refractivity contribution in [3.8, 4) is 0 Å². The van der Waals surface area contributed by atoms with Crippen LogP contribution in [0.15, 0.2) is 18.2 Å². The minimum atomic E-state index is -0.323. The van der Waals surface area contributed by atoms with Crippen molar-refractivity contribution in [3.05, 3.63) is 33.1 Å². The molecule has 0 radical (unpaired) electrons. The van der Waals surface area contributed by atoms with Gasteiger partial charge in [-0.25, -0.2) is 4.39 Å². The number of alkyl halides is 1. The van der Waals surface area contributed by atoms with Crippen molar-refractivity contribution >= 4 is 44.4 Å². The van der Waals surface area contributed by atoms with Crippen LogP contribution in [0, 0.1) is 15.3 Å². The van der Waals surface area contributed by atoms with Crippen molar-refractivity contribution in [2.75, 3.05) is 6.54 Å². The maximum Gasteiger partial charge on any atom is 0.252 e. The van der Waals surface area contributed by atoms with E-state index in [2.05, 4.69) is 35.1 Å². The van der Waals surface area contributed by atoms with Crippen LogP contribution in [0.25, 0.3) is 0 Å². The van der Waals surface area contributed by atoms with Gasteiger partial charge in [-0.05, 0) is 46.7 Å². The zero-order valence-electron chi connectivity index (χ0n) is 11.1. The first kappa shape index (κ1) is 16.9. The minimum absolute atomic E-state index is 0.153. The van der Waals surface area contributed by atoms with Gasteiger partial charge in [-0.3, -0.25) is 4.79 Å². The number of nitrogens with one attached hydrogen (secondary N) is 1. The van der Waals surface area contributed by atoms with Gasteiger partial charge in [-0.15, -0.1) is 0 Å². The van der Waals surface area contributed by atoms with Crippen molar-refractivity contribution in [1.29, 1.82) is 0 Å². The van der Waals surface area contributed by atoms with Gasteiger partial charge in [0, 0.05) is 14.9 Å². The van der Waals surface area contributed by atoms with Crippen LogP contribution in [-0.4, -0.2) is 17.3 Å². The zero-order chi connectivity index (χ0) is 14.4. The molecule has 1 rings (SSSR count). The SMILES string of the molecule is CCC(CC)C(Br)CNC(=O)c1ccc(F)cc1I. The molecule has 0 aliphatic heterocycles. The summed E-state index contributed by atoms with van der Waals surface area (Å²) >= 11 is 5.59. The summed E-state index contributed by atoms with van der Waals surface area (Å²) in [7, 11) is 0. The van der Waals surface area contributed by atoms with Crippen molar-refractivity contribution in [1.82, 2.24) is 5.32 Å². The number of amides is 1. The zero-order valence-corrected chi connectivity index (χ0v) is 14.8. The smallest absolute Gasteiger partial charge is 0.252 e. The highest BCUT2D eigenvalue weighted by Gasteiger charge is 2.17. The highest BCUT2D eigenvalue weighted by Crippen LogP contribution is 2.20. The molecule has 5 heteroatoms. The van der Waals surface area contributed by atoms with Crippen LogP contribution in [0.1, 0.15) is 37.0 Å². The van der Waals surface area contributed by atoms with Crippen LogP contribution >= 0.6 is 38.5 Å². The van der Waals surface area contributed by atoms with Gasteiger partial charge in [0.05, 0.1) is 5.56 Å². The number of hydrogen-bond donors (Lipinski definition) is 1. The Labute approximate surface area is 135 Å². The van der Waals surface area contributed by atoms with Gasteiger partial charge in [0.25, 0.3) is 5.91 Å². The quantitative estimate of drug-likeness (QED) is 0.515. The largest absolute Gasteiger partial charge is 0.351 e. The third-order valence-electron chi connectivity index (χ3n) is 3.19. The number of halogens is 3. The third kappa shape index (κ3) is 5.02. The molecule has 106 valence electrons. The average Bonchev–Trinajstić information content (AvgIpc) is 2.37. The Kier molecular flexibility index (Phi) is 7.28. The maximum atomic E-state index is 13.0. The summed E-state index contributed by atoms with van der Waals surface area (Å²) in [6.07, 6.45) is 2.16. The molecule has 19 heavy (non-hydrogen) atoms. The van der Waals surface area contributed by atoms with Crippen molar-refractivity contribution in [2.24, 2.45) is 5.92 Å². The Balaban J connectivity index is 2.60. The first-order valence-corrected chi connectivity index (χ1v) is 8.36. The fourth-order valence-corrected chi connectivity index (χ4v) is 3.56. The standard InChI is InChI=1S/C14H18BrFINO/c1-3-9(4-2)12(15)8-18-14(19)11-6-5-10(16)7-13(11)17/h5-7,9,12H,3-4,8H2,1-2H3,(H,18,19). The number of hydrogen-bond acceptors (Lipinski definition) is 1. The molecule has 0 saturated carbocycles. The molecule has 0 bridgehead atoms. The van der Waals surface area contributed by atoms with Crippen LogP contribution in [-0.2, 0) is 0 Å². The molecule has 2 nitrogen and oxygen atoms in total. The lowest BCUT2D eigenvalue weighted by molar-refractivity contribution is 0.0951. The fourth-order valence-electron chi connectivity index (χ4n) is 1.93. The summed E-state index contributed by atoms with van der Waals surface area (Å²) < 4.78 is 13.6. The van der Waals surface area contributed by atoms with Gasteiger partial charge in [-0.2, -0.15) is 0 Å². The summed E-state index contributed by atoms with van der Waals surface area (Å²) in [5.41, 5.74) is 0.520. The Morgan fingerprint density at radius 2 is 2.05 bits per heavy atom. The fraction of sp³-hybridized carbons (Fsp3) is 0.500. The summed E-state index contributed by atoms with van der Waals surface area (Å²) in [4.78, 5) is 12.3. The van der Waals surface area contributed by atoms with Gasteiger partial charge < -0.3 is 5.32 Å². The lowest BCUT2D eigenvalue weighted by Crippen LogP contribution is -2.33. The highest BCUT2D eigenvalue weighted by atomic mass is 127. The third-order valence-corrected chi connectivity index (χ3v) is 5.16. The molecule has 1 unspecified atom stereocenters. The van der Waals surface area contributed by atoms with Gasteiger partial charge >= 0.3 is 0 Å². The number of benzene rings is 1. The second-order valence-corrected chi connectivity index (χ2v) is 6.77. The molecule has 1 atom stereocenters. The summed E-state index contributed by atoms with van der Waals surface area (Å²) in [6, 6.07) is 4.19. The summed E-state index contributed by atoms with van der Waals surface area (Å²) in [5.74, 6) is 0.0729. The van der Waals surface area contributed by atoms with E-state index in [1.165, 1.54) is 18.2 Å².